The van der Waals surface area contributed by atoms with E-state index in [0.717, 1.165) is 12.1 Å². The zero-order valence-corrected chi connectivity index (χ0v) is 19.9. The van der Waals surface area contributed by atoms with Gasteiger partial charge in [-0.15, -0.1) is 13.2 Å². The second-order valence-electron chi connectivity index (χ2n) is 7.38. The number of alkyl halides is 3. The number of nitrogens with one attached hydrogen (secondary N) is 2. The van der Waals surface area contributed by atoms with Crippen molar-refractivity contribution in [3.63, 3.8) is 0 Å². The number of nitrogens with zero attached hydrogens (tertiary/aromatic N) is 2. The fourth-order valence-electron chi connectivity index (χ4n) is 3.17. The molecule has 4 rings (SSSR count). The van der Waals surface area contributed by atoms with Crippen molar-refractivity contribution in [2.24, 2.45) is 0 Å². The maximum atomic E-state index is 12.5. The highest BCUT2D eigenvalue weighted by atomic mass is 35.5. The van der Waals surface area contributed by atoms with E-state index in [1.165, 1.54) is 16.8 Å². The fraction of sp³-hybridized carbons (Fsp3) is 0.0833. The van der Waals surface area contributed by atoms with Crippen LogP contribution in [-0.2, 0) is 0 Å². The molecule has 36 heavy (non-hydrogen) atoms. The number of ether oxygens (including phenoxy) is 2. The van der Waals surface area contributed by atoms with Crippen molar-refractivity contribution in [3.8, 4) is 23.1 Å². The molecular formula is C24H17Cl2F3N4O3. The van der Waals surface area contributed by atoms with Gasteiger partial charge in [0.25, 0.3) is 0 Å². The molecule has 0 saturated carbocycles. The molecule has 0 spiro atoms. The van der Waals surface area contributed by atoms with Crippen molar-refractivity contribution in [2.75, 3.05) is 10.6 Å². The average Bonchev–Trinajstić information content (AvgIpc) is 3.17. The molecule has 0 radical (unpaired) electrons. The van der Waals surface area contributed by atoms with Crippen LogP contribution in [0.15, 0.2) is 72.8 Å². The smallest absolute Gasteiger partial charge is 0.437 e. The molecule has 2 amide bonds. The number of hydrogen-bond acceptors (Lipinski definition) is 4. The van der Waals surface area contributed by atoms with Crippen LogP contribution in [0.2, 0.25) is 10.0 Å². The molecule has 0 aliphatic carbocycles. The van der Waals surface area contributed by atoms with Crippen LogP contribution in [0.5, 0.6) is 17.4 Å². The summed E-state index contributed by atoms with van der Waals surface area (Å²) in [6.07, 6.45) is -4.80. The normalized spacial score (nSPS) is 11.2. The molecule has 0 atom stereocenters. The summed E-state index contributed by atoms with van der Waals surface area (Å²) in [4.78, 5) is 12.5. The van der Waals surface area contributed by atoms with Gasteiger partial charge in [0, 0.05) is 16.8 Å². The molecule has 12 heteroatoms. The van der Waals surface area contributed by atoms with E-state index in [9.17, 15) is 18.0 Å². The lowest BCUT2D eigenvalue weighted by Gasteiger charge is -2.14. The zero-order valence-electron chi connectivity index (χ0n) is 18.4. The molecule has 0 fully saturated rings. The van der Waals surface area contributed by atoms with Gasteiger partial charge in [-0.05, 0) is 61.5 Å². The summed E-state index contributed by atoms with van der Waals surface area (Å²) in [7, 11) is 0. The van der Waals surface area contributed by atoms with E-state index in [0.29, 0.717) is 38.7 Å². The minimum absolute atomic E-state index is 0.254. The van der Waals surface area contributed by atoms with Crippen LogP contribution in [-0.4, -0.2) is 22.2 Å². The summed E-state index contributed by atoms with van der Waals surface area (Å²) in [6.45, 7) is 1.78. The summed E-state index contributed by atoms with van der Waals surface area (Å²) in [5.74, 6) is 0.228. The van der Waals surface area contributed by atoms with Crippen molar-refractivity contribution >= 4 is 40.6 Å². The number of para-hydroxylation sites is 2. The third-order valence-electron chi connectivity index (χ3n) is 4.63. The first-order valence-electron chi connectivity index (χ1n) is 10.3. The third-order valence-corrected chi connectivity index (χ3v) is 5.19. The molecule has 0 aliphatic heterocycles. The standard InChI is InChI=1S/C24H17Cl2F3N4O3/c1-14-12-22(33(32-14)20-13-15(25)6-11-18(20)26)35-21-5-3-2-4-19(21)31-23(34)30-16-7-9-17(10-8-16)36-24(27,28)29/h2-13H,1H3,(H2,30,31,34). The Kier molecular flexibility index (Phi) is 7.27. The van der Waals surface area contributed by atoms with Crippen LogP contribution in [0.1, 0.15) is 5.69 Å². The van der Waals surface area contributed by atoms with Crippen LogP contribution < -0.4 is 20.1 Å². The Balaban J connectivity index is 1.51. The van der Waals surface area contributed by atoms with Crippen molar-refractivity contribution in [3.05, 3.63) is 88.5 Å². The van der Waals surface area contributed by atoms with Crippen LogP contribution in [0, 0.1) is 6.92 Å². The van der Waals surface area contributed by atoms with Gasteiger partial charge in [0.15, 0.2) is 5.75 Å². The lowest BCUT2D eigenvalue weighted by Crippen LogP contribution is -2.20. The maximum absolute atomic E-state index is 12.5. The average molecular weight is 537 g/mol. The SMILES string of the molecule is Cc1cc(Oc2ccccc2NC(=O)Nc2ccc(OC(F)(F)F)cc2)n(-c2cc(Cl)ccc2Cl)n1. The molecule has 4 aromatic rings. The Morgan fingerprint density at radius 2 is 1.69 bits per heavy atom. The summed E-state index contributed by atoms with van der Waals surface area (Å²) in [6, 6.07) is 17.4. The van der Waals surface area contributed by atoms with Gasteiger partial charge >= 0.3 is 12.4 Å². The number of carbonyl (C=O) groups excluding carboxylic acids is 1. The number of anilines is 2. The first-order valence-corrected chi connectivity index (χ1v) is 11.1. The minimum atomic E-state index is -4.80. The van der Waals surface area contributed by atoms with E-state index in [-0.39, 0.29) is 5.69 Å². The Hall–Kier alpha value is -3.89. The number of aryl methyl sites for hydroxylation is 1. The molecule has 0 bridgehead atoms. The molecule has 0 aliphatic rings. The third kappa shape index (κ3) is 6.41. The maximum Gasteiger partial charge on any atom is 0.573 e. The van der Waals surface area contributed by atoms with Crippen LogP contribution in [0.25, 0.3) is 5.69 Å². The van der Waals surface area contributed by atoms with Gasteiger partial charge in [0.1, 0.15) is 5.75 Å². The second-order valence-corrected chi connectivity index (χ2v) is 8.22. The van der Waals surface area contributed by atoms with Gasteiger partial charge in [-0.25, -0.2) is 4.79 Å². The Morgan fingerprint density at radius 3 is 2.42 bits per heavy atom. The summed E-state index contributed by atoms with van der Waals surface area (Å²) in [5.41, 5.74) is 1.75. The molecule has 3 aromatic carbocycles. The zero-order chi connectivity index (χ0) is 25.9. The van der Waals surface area contributed by atoms with Crippen LogP contribution >= 0.6 is 23.2 Å². The molecule has 186 valence electrons. The lowest BCUT2D eigenvalue weighted by molar-refractivity contribution is -0.274. The van der Waals surface area contributed by atoms with Crippen molar-refractivity contribution in [1.29, 1.82) is 0 Å². The van der Waals surface area contributed by atoms with E-state index < -0.39 is 18.1 Å². The summed E-state index contributed by atoms with van der Waals surface area (Å²) >= 11 is 12.4. The summed E-state index contributed by atoms with van der Waals surface area (Å²) in [5, 5.41) is 10.5. The van der Waals surface area contributed by atoms with Crippen LogP contribution in [0.3, 0.4) is 0 Å². The lowest BCUT2D eigenvalue weighted by atomic mass is 10.3. The Morgan fingerprint density at radius 1 is 0.972 bits per heavy atom. The van der Waals surface area contributed by atoms with Gasteiger partial charge < -0.3 is 20.1 Å². The number of benzene rings is 3. The first-order chi connectivity index (χ1) is 17.1. The number of urea groups is 1. The number of aromatic nitrogens is 2. The number of hydrogen-bond donors (Lipinski definition) is 2. The van der Waals surface area contributed by atoms with E-state index >= 15 is 0 Å². The Labute approximate surface area is 213 Å². The van der Waals surface area contributed by atoms with Crippen molar-refractivity contribution < 1.29 is 27.4 Å². The number of rotatable bonds is 6. The minimum Gasteiger partial charge on any atom is -0.437 e. The number of amides is 2. The van der Waals surface area contributed by atoms with Gasteiger partial charge in [-0.1, -0.05) is 35.3 Å². The molecule has 7 nitrogen and oxygen atoms in total. The quantitative estimate of drug-likeness (QED) is 0.263. The van der Waals surface area contributed by atoms with Gasteiger partial charge in [0.2, 0.25) is 5.88 Å². The molecular weight excluding hydrogens is 520 g/mol. The van der Waals surface area contributed by atoms with Gasteiger partial charge in [-0.2, -0.15) is 9.78 Å². The van der Waals surface area contributed by atoms with E-state index in [1.807, 2.05) is 0 Å². The fourth-order valence-corrected chi connectivity index (χ4v) is 3.53. The van der Waals surface area contributed by atoms with Gasteiger partial charge in [-0.3, -0.25) is 0 Å². The van der Waals surface area contributed by atoms with E-state index in [2.05, 4.69) is 20.5 Å². The van der Waals surface area contributed by atoms with Gasteiger partial charge in [0.05, 0.1) is 22.1 Å². The van der Waals surface area contributed by atoms with E-state index in [1.54, 1.807) is 55.5 Å². The second kappa shape index (κ2) is 10.4. The molecule has 0 saturated heterocycles. The number of halogens is 5. The molecule has 2 N–H and O–H groups in total. The number of carbonyl (C=O) groups is 1. The van der Waals surface area contributed by atoms with Crippen molar-refractivity contribution in [1.82, 2.24) is 9.78 Å². The topological polar surface area (TPSA) is 77.4 Å². The molecule has 1 heterocycles. The van der Waals surface area contributed by atoms with Crippen LogP contribution in [0.4, 0.5) is 29.3 Å². The molecule has 1 aromatic heterocycles. The monoisotopic (exact) mass is 536 g/mol. The Bertz CT molecular complexity index is 1390. The highest BCUT2D eigenvalue weighted by Crippen LogP contribution is 2.34. The van der Waals surface area contributed by atoms with Crippen molar-refractivity contribution in [2.45, 2.75) is 13.3 Å². The highest BCUT2D eigenvalue weighted by Gasteiger charge is 2.31. The molecule has 0 unspecified atom stereocenters. The summed E-state index contributed by atoms with van der Waals surface area (Å²) < 4.78 is 48.3. The predicted molar refractivity (Wildman–Crippen MR) is 131 cm³/mol. The predicted octanol–water partition coefficient (Wildman–Crippen LogP) is 7.82. The largest absolute Gasteiger partial charge is 0.573 e. The first kappa shape index (κ1) is 25.2. The van der Waals surface area contributed by atoms with E-state index in [4.69, 9.17) is 27.9 Å². The highest BCUT2D eigenvalue weighted by molar-refractivity contribution is 6.34.